The first-order chi connectivity index (χ1) is 11.1. The third kappa shape index (κ3) is 4.16. The zero-order valence-corrected chi connectivity index (χ0v) is 13.7. The second kappa shape index (κ2) is 6.68. The van der Waals surface area contributed by atoms with Crippen LogP contribution in [0.4, 0.5) is 4.39 Å². The Kier molecular flexibility index (Phi) is 5.02. The van der Waals surface area contributed by atoms with Gasteiger partial charge in [0.15, 0.2) is 0 Å². The molecule has 0 aromatic heterocycles. The Morgan fingerprint density at radius 1 is 1.25 bits per heavy atom. The van der Waals surface area contributed by atoms with Crippen molar-refractivity contribution < 1.29 is 22.7 Å². The summed E-state index contributed by atoms with van der Waals surface area (Å²) < 4.78 is 36.4. The Morgan fingerprint density at radius 3 is 2.46 bits per heavy atom. The summed E-state index contributed by atoms with van der Waals surface area (Å²) >= 11 is 0. The van der Waals surface area contributed by atoms with E-state index in [0.29, 0.717) is 5.56 Å². The lowest BCUT2D eigenvalue weighted by molar-refractivity contribution is 0.0525. The summed E-state index contributed by atoms with van der Waals surface area (Å²) in [6.07, 6.45) is 0. The smallest absolute Gasteiger partial charge is 0.254 e. The number of halogens is 1. The molecule has 0 fully saturated rings. The van der Waals surface area contributed by atoms with Gasteiger partial charge in [0.2, 0.25) is 10.0 Å². The van der Waals surface area contributed by atoms with Crippen LogP contribution in [0.15, 0.2) is 53.4 Å². The van der Waals surface area contributed by atoms with Crippen molar-refractivity contribution in [1.29, 1.82) is 0 Å². The fourth-order valence-electron chi connectivity index (χ4n) is 2.10. The molecule has 2 aromatic rings. The molecule has 1 unspecified atom stereocenters. The van der Waals surface area contributed by atoms with Crippen LogP contribution in [0.3, 0.4) is 0 Å². The highest BCUT2D eigenvalue weighted by atomic mass is 32.2. The molecule has 8 heteroatoms. The lowest BCUT2D eigenvalue weighted by Crippen LogP contribution is -2.39. The molecule has 6 nitrogen and oxygen atoms in total. The van der Waals surface area contributed by atoms with Gasteiger partial charge in [-0.05, 0) is 30.7 Å². The fraction of sp³-hybridized carbons (Fsp3) is 0.188. The van der Waals surface area contributed by atoms with Gasteiger partial charge in [-0.15, -0.1) is 0 Å². The standard InChI is InChI=1S/C16H17FN2O4S/c1-16(21,11-5-3-2-4-6-11)10-19-15(20)13-9-12(24(18,22)23)7-8-14(13)17/h2-9,21H,10H2,1H3,(H,19,20)(H2,18,22,23). The van der Waals surface area contributed by atoms with Crippen LogP contribution in [-0.4, -0.2) is 26.0 Å². The molecule has 0 saturated heterocycles. The molecule has 2 aromatic carbocycles. The van der Waals surface area contributed by atoms with Crippen molar-refractivity contribution >= 4 is 15.9 Å². The van der Waals surface area contributed by atoms with Crippen LogP contribution in [0.25, 0.3) is 0 Å². The van der Waals surface area contributed by atoms with E-state index in [-0.39, 0.29) is 11.4 Å². The van der Waals surface area contributed by atoms with Crippen molar-refractivity contribution in [2.75, 3.05) is 6.54 Å². The van der Waals surface area contributed by atoms with E-state index in [4.69, 9.17) is 5.14 Å². The lowest BCUT2D eigenvalue weighted by Gasteiger charge is -2.24. The second-order valence-electron chi connectivity index (χ2n) is 5.51. The Labute approximate surface area is 139 Å². The predicted octanol–water partition coefficient (Wildman–Crippen LogP) is 1.11. The molecular weight excluding hydrogens is 335 g/mol. The maximum absolute atomic E-state index is 13.8. The summed E-state index contributed by atoms with van der Waals surface area (Å²) in [5, 5.41) is 17.8. The summed E-state index contributed by atoms with van der Waals surface area (Å²) in [5.74, 6) is -1.74. The van der Waals surface area contributed by atoms with Crippen molar-refractivity contribution in [3.63, 3.8) is 0 Å². The number of hydrogen-bond acceptors (Lipinski definition) is 4. The van der Waals surface area contributed by atoms with Gasteiger partial charge in [-0.2, -0.15) is 0 Å². The molecule has 24 heavy (non-hydrogen) atoms. The summed E-state index contributed by atoms with van der Waals surface area (Å²) in [4.78, 5) is 11.8. The Bertz CT molecular complexity index is 852. The van der Waals surface area contributed by atoms with Crippen LogP contribution in [0.2, 0.25) is 0 Å². The summed E-state index contributed by atoms with van der Waals surface area (Å²) in [6, 6.07) is 11.3. The number of carbonyl (C=O) groups is 1. The summed E-state index contributed by atoms with van der Waals surface area (Å²) in [7, 11) is -4.06. The molecule has 0 bridgehead atoms. The SMILES string of the molecule is CC(O)(CNC(=O)c1cc(S(N)(=O)=O)ccc1F)c1ccccc1. The first kappa shape index (κ1) is 18.1. The molecule has 0 aliphatic carbocycles. The number of aliphatic hydroxyl groups is 1. The predicted molar refractivity (Wildman–Crippen MR) is 86.1 cm³/mol. The molecule has 0 radical (unpaired) electrons. The monoisotopic (exact) mass is 352 g/mol. The van der Waals surface area contributed by atoms with E-state index in [1.165, 1.54) is 6.92 Å². The highest BCUT2D eigenvalue weighted by Gasteiger charge is 2.25. The van der Waals surface area contributed by atoms with Crippen LogP contribution in [0, 0.1) is 5.82 Å². The normalized spacial score (nSPS) is 14.0. The molecule has 2 rings (SSSR count). The first-order valence-corrected chi connectivity index (χ1v) is 8.54. The van der Waals surface area contributed by atoms with Crippen molar-refractivity contribution in [3.05, 3.63) is 65.5 Å². The zero-order valence-electron chi connectivity index (χ0n) is 12.9. The zero-order chi connectivity index (χ0) is 18.0. The van der Waals surface area contributed by atoms with Gasteiger partial charge in [0.1, 0.15) is 11.4 Å². The molecule has 4 N–H and O–H groups in total. The minimum Gasteiger partial charge on any atom is -0.384 e. The third-order valence-electron chi connectivity index (χ3n) is 3.50. The molecule has 0 heterocycles. The van der Waals surface area contributed by atoms with Gasteiger partial charge < -0.3 is 10.4 Å². The number of nitrogens with two attached hydrogens (primary N) is 1. The van der Waals surface area contributed by atoms with E-state index in [1.807, 2.05) is 0 Å². The van der Waals surface area contributed by atoms with Crippen LogP contribution in [0.5, 0.6) is 0 Å². The van der Waals surface area contributed by atoms with Gasteiger partial charge in [0, 0.05) is 0 Å². The fourth-order valence-corrected chi connectivity index (χ4v) is 2.64. The van der Waals surface area contributed by atoms with Crippen molar-refractivity contribution in [1.82, 2.24) is 5.32 Å². The summed E-state index contributed by atoms with van der Waals surface area (Å²) in [6.45, 7) is 1.31. The Hall–Kier alpha value is -2.29. The molecule has 0 saturated carbocycles. The molecule has 1 amide bonds. The summed E-state index contributed by atoms with van der Waals surface area (Å²) in [5.41, 5.74) is -1.26. The number of benzene rings is 2. The van der Waals surface area contributed by atoms with Crippen molar-refractivity contribution in [3.8, 4) is 0 Å². The highest BCUT2D eigenvalue weighted by molar-refractivity contribution is 7.89. The van der Waals surface area contributed by atoms with Crippen LogP contribution in [0.1, 0.15) is 22.8 Å². The topological polar surface area (TPSA) is 109 Å². The van der Waals surface area contributed by atoms with Gasteiger partial charge in [-0.25, -0.2) is 17.9 Å². The Balaban J connectivity index is 2.19. The Morgan fingerprint density at radius 2 is 1.88 bits per heavy atom. The number of nitrogens with one attached hydrogen (secondary N) is 1. The quantitative estimate of drug-likeness (QED) is 0.749. The average Bonchev–Trinajstić information content (AvgIpc) is 2.53. The number of primary sulfonamides is 1. The first-order valence-electron chi connectivity index (χ1n) is 7.00. The molecule has 0 aliphatic rings. The highest BCUT2D eigenvalue weighted by Crippen LogP contribution is 2.20. The van der Waals surface area contributed by atoms with E-state index < -0.39 is 32.9 Å². The van der Waals surface area contributed by atoms with Crippen molar-refractivity contribution in [2.45, 2.75) is 17.4 Å². The molecule has 0 aliphatic heterocycles. The lowest BCUT2D eigenvalue weighted by atomic mass is 9.96. The molecule has 128 valence electrons. The number of amides is 1. The largest absolute Gasteiger partial charge is 0.384 e. The van der Waals surface area contributed by atoms with Crippen LogP contribution >= 0.6 is 0 Å². The molecule has 1 atom stereocenters. The molecule has 0 spiro atoms. The van der Waals surface area contributed by atoms with E-state index in [9.17, 15) is 22.7 Å². The number of carbonyl (C=O) groups excluding carboxylic acids is 1. The minimum atomic E-state index is -4.06. The number of rotatable bonds is 5. The van der Waals surface area contributed by atoms with E-state index in [0.717, 1.165) is 18.2 Å². The minimum absolute atomic E-state index is 0.186. The third-order valence-corrected chi connectivity index (χ3v) is 4.41. The average molecular weight is 352 g/mol. The number of sulfonamides is 1. The number of hydrogen-bond donors (Lipinski definition) is 3. The maximum atomic E-state index is 13.8. The molecular formula is C16H17FN2O4S. The van der Waals surface area contributed by atoms with E-state index >= 15 is 0 Å². The van der Waals surface area contributed by atoms with Gasteiger partial charge in [-0.1, -0.05) is 30.3 Å². The van der Waals surface area contributed by atoms with E-state index in [1.54, 1.807) is 30.3 Å². The van der Waals surface area contributed by atoms with Gasteiger partial charge in [-0.3, -0.25) is 4.79 Å². The van der Waals surface area contributed by atoms with Gasteiger partial charge >= 0.3 is 0 Å². The van der Waals surface area contributed by atoms with Crippen LogP contribution < -0.4 is 10.5 Å². The van der Waals surface area contributed by atoms with Crippen molar-refractivity contribution in [2.24, 2.45) is 5.14 Å². The van der Waals surface area contributed by atoms with Crippen LogP contribution in [-0.2, 0) is 15.6 Å². The van der Waals surface area contributed by atoms with Gasteiger partial charge in [0.05, 0.1) is 17.0 Å². The second-order valence-corrected chi connectivity index (χ2v) is 7.07. The van der Waals surface area contributed by atoms with Gasteiger partial charge in [0.25, 0.3) is 5.91 Å². The maximum Gasteiger partial charge on any atom is 0.254 e. The van der Waals surface area contributed by atoms with E-state index in [2.05, 4.69) is 5.32 Å².